The number of nitrogens with one attached hydrogen (secondary N) is 1. The molecule has 2 nitrogen and oxygen atoms in total. The van der Waals surface area contributed by atoms with Crippen molar-refractivity contribution in [2.45, 2.75) is 44.6 Å². The molecule has 1 aromatic carbocycles. The van der Waals surface area contributed by atoms with Gasteiger partial charge in [-0.15, -0.1) is 0 Å². The summed E-state index contributed by atoms with van der Waals surface area (Å²) in [6.07, 6.45) is 3.80. The average molecular weight is 218 g/mol. The predicted octanol–water partition coefficient (Wildman–Crippen LogP) is 2.69. The van der Waals surface area contributed by atoms with E-state index in [1.807, 2.05) is 12.1 Å². The largest absolute Gasteiger partial charge is 0.399 e. The van der Waals surface area contributed by atoms with Gasteiger partial charge >= 0.3 is 0 Å². The molecule has 1 aliphatic rings. The van der Waals surface area contributed by atoms with E-state index in [-0.39, 0.29) is 0 Å². The first-order chi connectivity index (χ1) is 7.66. The van der Waals surface area contributed by atoms with Gasteiger partial charge in [0.2, 0.25) is 0 Å². The van der Waals surface area contributed by atoms with Crippen molar-refractivity contribution in [1.82, 2.24) is 5.32 Å². The number of rotatable bonds is 5. The van der Waals surface area contributed by atoms with Crippen LogP contribution < -0.4 is 11.1 Å². The molecule has 1 unspecified atom stereocenters. The maximum Gasteiger partial charge on any atom is 0.0314 e. The molecule has 0 aromatic heterocycles. The predicted molar refractivity (Wildman–Crippen MR) is 69.5 cm³/mol. The molecule has 1 fully saturated rings. The number of hydrogen-bond donors (Lipinski definition) is 2. The lowest BCUT2D eigenvalue weighted by atomic mass is 9.95. The summed E-state index contributed by atoms with van der Waals surface area (Å²) in [5, 5.41) is 3.62. The van der Waals surface area contributed by atoms with E-state index in [9.17, 15) is 0 Å². The molecule has 1 atom stereocenters. The molecule has 0 spiro atoms. The van der Waals surface area contributed by atoms with E-state index in [4.69, 9.17) is 5.73 Å². The Hall–Kier alpha value is -1.02. The summed E-state index contributed by atoms with van der Waals surface area (Å²) in [5.74, 6) is 0. The first-order valence-corrected chi connectivity index (χ1v) is 6.26. The van der Waals surface area contributed by atoms with Crippen LogP contribution in [-0.2, 0) is 5.41 Å². The minimum absolute atomic E-state index is 0.400. The van der Waals surface area contributed by atoms with Gasteiger partial charge in [-0.05, 0) is 43.9 Å². The molecule has 0 aliphatic heterocycles. The Kier molecular flexibility index (Phi) is 3.20. The Morgan fingerprint density at radius 3 is 2.44 bits per heavy atom. The summed E-state index contributed by atoms with van der Waals surface area (Å²) in [4.78, 5) is 0. The molecular formula is C14H22N2. The second-order valence-corrected chi connectivity index (χ2v) is 5.09. The summed E-state index contributed by atoms with van der Waals surface area (Å²) in [7, 11) is 0. The summed E-state index contributed by atoms with van der Waals surface area (Å²) in [5.41, 5.74) is 8.42. The van der Waals surface area contributed by atoms with Crippen LogP contribution in [0.5, 0.6) is 0 Å². The maximum absolute atomic E-state index is 5.72. The molecule has 2 heteroatoms. The molecule has 3 N–H and O–H groups in total. The molecule has 0 saturated heterocycles. The van der Waals surface area contributed by atoms with Gasteiger partial charge in [0, 0.05) is 23.7 Å². The van der Waals surface area contributed by atoms with Gasteiger partial charge in [-0.25, -0.2) is 0 Å². The summed E-state index contributed by atoms with van der Waals surface area (Å²) in [6.45, 7) is 5.57. The van der Waals surface area contributed by atoms with Gasteiger partial charge in [0.05, 0.1) is 0 Å². The van der Waals surface area contributed by atoms with Crippen LogP contribution in [0.15, 0.2) is 24.3 Å². The van der Waals surface area contributed by atoms with Crippen LogP contribution in [0.3, 0.4) is 0 Å². The van der Waals surface area contributed by atoms with Gasteiger partial charge < -0.3 is 11.1 Å². The lowest BCUT2D eigenvalue weighted by molar-refractivity contribution is 0.487. The smallest absolute Gasteiger partial charge is 0.0314 e. The number of hydrogen-bond acceptors (Lipinski definition) is 2. The molecule has 16 heavy (non-hydrogen) atoms. The number of benzene rings is 1. The molecule has 0 radical (unpaired) electrons. The minimum Gasteiger partial charge on any atom is -0.399 e. The van der Waals surface area contributed by atoms with E-state index >= 15 is 0 Å². The molecule has 1 saturated carbocycles. The lowest BCUT2D eigenvalue weighted by Gasteiger charge is -2.20. The van der Waals surface area contributed by atoms with Crippen molar-refractivity contribution in [3.05, 3.63) is 29.8 Å². The highest BCUT2D eigenvalue weighted by molar-refractivity contribution is 5.43. The number of anilines is 1. The Morgan fingerprint density at radius 2 is 1.94 bits per heavy atom. The lowest BCUT2D eigenvalue weighted by Crippen LogP contribution is -2.33. The van der Waals surface area contributed by atoms with E-state index < -0.39 is 0 Å². The van der Waals surface area contributed by atoms with Crippen molar-refractivity contribution in [3.8, 4) is 0 Å². The Morgan fingerprint density at radius 1 is 1.31 bits per heavy atom. The SMILES string of the molecule is CCC(C)NCC1(c2ccc(N)cc2)CC1. The van der Waals surface area contributed by atoms with Gasteiger partial charge in [-0.2, -0.15) is 0 Å². The zero-order chi connectivity index (χ0) is 11.6. The van der Waals surface area contributed by atoms with Crippen LogP contribution in [0, 0.1) is 0 Å². The molecular weight excluding hydrogens is 196 g/mol. The second kappa shape index (κ2) is 4.46. The van der Waals surface area contributed by atoms with E-state index in [1.54, 1.807) is 0 Å². The van der Waals surface area contributed by atoms with Crippen molar-refractivity contribution in [2.75, 3.05) is 12.3 Å². The molecule has 0 heterocycles. The van der Waals surface area contributed by atoms with Crippen LogP contribution in [0.25, 0.3) is 0 Å². The minimum atomic E-state index is 0.400. The van der Waals surface area contributed by atoms with E-state index in [0.717, 1.165) is 12.2 Å². The normalized spacial score (nSPS) is 19.4. The van der Waals surface area contributed by atoms with E-state index in [1.165, 1.54) is 24.8 Å². The Bertz CT molecular complexity index is 338. The highest BCUT2D eigenvalue weighted by Gasteiger charge is 2.43. The summed E-state index contributed by atoms with van der Waals surface area (Å²) < 4.78 is 0. The molecule has 1 aromatic rings. The maximum atomic E-state index is 5.72. The van der Waals surface area contributed by atoms with Crippen molar-refractivity contribution in [1.29, 1.82) is 0 Å². The monoisotopic (exact) mass is 218 g/mol. The quantitative estimate of drug-likeness (QED) is 0.746. The zero-order valence-electron chi connectivity index (χ0n) is 10.3. The summed E-state index contributed by atoms with van der Waals surface area (Å²) in [6, 6.07) is 9.00. The van der Waals surface area contributed by atoms with E-state index in [2.05, 4.69) is 31.3 Å². The molecule has 1 aliphatic carbocycles. The van der Waals surface area contributed by atoms with Gasteiger partial charge in [0.15, 0.2) is 0 Å². The van der Waals surface area contributed by atoms with Crippen LogP contribution >= 0.6 is 0 Å². The Labute approximate surface area is 98.2 Å². The van der Waals surface area contributed by atoms with Crippen molar-refractivity contribution < 1.29 is 0 Å². The van der Waals surface area contributed by atoms with Crippen LogP contribution in [0.1, 0.15) is 38.7 Å². The molecule has 0 bridgehead atoms. The van der Waals surface area contributed by atoms with Gasteiger partial charge in [0.25, 0.3) is 0 Å². The van der Waals surface area contributed by atoms with Crippen LogP contribution in [0.4, 0.5) is 5.69 Å². The van der Waals surface area contributed by atoms with Crippen molar-refractivity contribution in [3.63, 3.8) is 0 Å². The topological polar surface area (TPSA) is 38.0 Å². The highest BCUT2D eigenvalue weighted by atomic mass is 14.9. The van der Waals surface area contributed by atoms with Crippen molar-refractivity contribution in [2.24, 2.45) is 0 Å². The summed E-state index contributed by atoms with van der Waals surface area (Å²) >= 11 is 0. The fourth-order valence-electron chi connectivity index (χ4n) is 2.07. The van der Waals surface area contributed by atoms with Crippen LogP contribution in [0.2, 0.25) is 0 Å². The van der Waals surface area contributed by atoms with Crippen LogP contribution in [-0.4, -0.2) is 12.6 Å². The third-order valence-electron chi connectivity index (χ3n) is 3.78. The third-order valence-corrected chi connectivity index (χ3v) is 3.78. The van der Waals surface area contributed by atoms with Gasteiger partial charge in [-0.3, -0.25) is 0 Å². The zero-order valence-corrected chi connectivity index (χ0v) is 10.3. The molecule has 2 rings (SSSR count). The average Bonchev–Trinajstić information content (AvgIpc) is 3.08. The number of nitrogens with two attached hydrogens (primary N) is 1. The fraction of sp³-hybridized carbons (Fsp3) is 0.571. The Balaban J connectivity index is 2.00. The van der Waals surface area contributed by atoms with Gasteiger partial charge in [-0.1, -0.05) is 19.1 Å². The third kappa shape index (κ3) is 2.38. The fourth-order valence-corrected chi connectivity index (χ4v) is 2.07. The highest BCUT2D eigenvalue weighted by Crippen LogP contribution is 2.47. The first kappa shape index (κ1) is 11.5. The van der Waals surface area contributed by atoms with Crippen molar-refractivity contribution >= 4 is 5.69 Å². The molecule has 88 valence electrons. The standard InChI is InChI=1S/C14H22N2/c1-3-11(2)16-10-14(8-9-14)12-4-6-13(15)7-5-12/h4-7,11,16H,3,8-10,15H2,1-2H3. The second-order valence-electron chi connectivity index (χ2n) is 5.09. The molecule has 0 amide bonds. The van der Waals surface area contributed by atoms with E-state index in [0.29, 0.717) is 11.5 Å². The van der Waals surface area contributed by atoms with Gasteiger partial charge in [0.1, 0.15) is 0 Å². The first-order valence-electron chi connectivity index (χ1n) is 6.26. The number of nitrogen functional groups attached to an aromatic ring is 1.